The predicted octanol–water partition coefficient (Wildman–Crippen LogP) is 4.87. The molecule has 85 heavy (non-hydrogen) atoms. The summed E-state index contributed by atoms with van der Waals surface area (Å²) in [5.41, 5.74) is 10.1. The first-order valence-electron chi connectivity index (χ1n) is 27.7. The number of nitrogens with one attached hydrogen (secondary N) is 2. The van der Waals surface area contributed by atoms with E-state index in [1.54, 1.807) is 21.5 Å². The third-order valence-electron chi connectivity index (χ3n) is 14.3. The van der Waals surface area contributed by atoms with Gasteiger partial charge in [0.05, 0.1) is 105 Å². The molecular formula is C58H73Cl5N10O12. The van der Waals surface area contributed by atoms with Crippen LogP contribution >= 0.6 is 58.8 Å². The van der Waals surface area contributed by atoms with E-state index in [-0.39, 0.29) is 77.0 Å². The van der Waals surface area contributed by atoms with Crippen molar-refractivity contribution in [2.24, 2.45) is 0 Å². The summed E-state index contributed by atoms with van der Waals surface area (Å²) in [7, 11) is 4.16. The standard InChI is InChI=1S/C58H72Cl4N10O12.ClH/c1-69-31-45(43-27-41(59)29-49(61)47(43)33-69)37-5-3-7-39(25-37)51-35-71(67-65-51)11-15-81-19-23-83-21-17-79-13-9-63-57(77)55(75)53(73)54(74)56(76)58(78)64-10-14-80-18-22-84-24-20-82-16-12-72-36-52(66-68-72)40-8-4-6-38(26-40)46-32-70(2)34-48-44(46)28-42(60)30-50(48)62;/h3-8,25-30,35-36,45-46,53-56,73-76H,9-24,31-34H2,1-2H3,(H,63,77)(H,64,78);1H/t45-,46-,53-,54+,55+,56-;/m0./s1. The van der Waals surface area contributed by atoms with Crippen LogP contribution < -0.4 is 10.6 Å². The molecule has 0 saturated carbocycles. The maximum atomic E-state index is 12.4. The summed E-state index contributed by atoms with van der Waals surface area (Å²) in [5, 5.41) is 65.9. The van der Waals surface area contributed by atoms with Gasteiger partial charge in [0, 0.05) is 82.3 Å². The molecule has 0 aliphatic carbocycles. The Balaban J connectivity index is 0.0000104. The highest BCUT2D eigenvalue weighted by molar-refractivity contribution is 6.35. The molecule has 2 amide bonds. The zero-order chi connectivity index (χ0) is 59.5. The lowest BCUT2D eigenvalue weighted by Gasteiger charge is -2.33. The van der Waals surface area contributed by atoms with Gasteiger partial charge in [0.15, 0.2) is 12.2 Å². The fourth-order valence-electron chi connectivity index (χ4n) is 9.96. The van der Waals surface area contributed by atoms with Gasteiger partial charge in [-0.25, -0.2) is 9.36 Å². The number of carbonyl (C=O) groups excluding carboxylic acids is 2. The van der Waals surface area contributed by atoms with Gasteiger partial charge < -0.3 is 69.3 Å². The van der Waals surface area contributed by atoms with Crippen LogP contribution in [0.2, 0.25) is 20.1 Å². The minimum Gasteiger partial charge on any atom is -0.387 e. The number of nitrogens with zero attached hydrogens (tertiary/aromatic N) is 8. The Morgan fingerprint density at radius 1 is 0.541 bits per heavy atom. The second-order valence-corrected chi connectivity index (χ2v) is 22.2. The van der Waals surface area contributed by atoms with Crippen LogP contribution in [-0.4, -0.2) is 216 Å². The fraction of sp³-hybridized carbons (Fsp3) is 0.483. The molecule has 0 saturated heterocycles. The third-order valence-corrected chi connectivity index (χ3v) is 15.4. The van der Waals surface area contributed by atoms with E-state index in [1.165, 1.54) is 0 Å². The lowest BCUT2D eigenvalue weighted by atomic mass is 9.84. The number of carbonyl (C=O) groups is 2. The molecule has 6 aromatic rings. The Kier molecular flexibility index (Phi) is 27.0. The highest BCUT2D eigenvalue weighted by Gasteiger charge is 2.37. The Morgan fingerprint density at radius 3 is 1.29 bits per heavy atom. The fourth-order valence-corrected chi connectivity index (χ4v) is 11.1. The van der Waals surface area contributed by atoms with Gasteiger partial charge in [-0.1, -0.05) is 93.2 Å². The lowest BCUT2D eigenvalue weighted by Crippen LogP contribution is -2.54. The third kappa shape index (κ3) is 19.5. The van der Waals surface area contributed by atoms with Crippen LogP contribution in [0.5, 0.6) is 0 Å². The summed E-state index contributed by atoms with van der Waals surface area (Å²) in [5.74, 6) is -1.87. The number of aliphatic hydroxyl groups excluding tert-OH is 4. The van der Waals surface area contributed by atoms with Gasteiger partial charge in [0.1, 0.15) is 23.6 Å². The molecule has 6 N–H and O–H groups in total. The van der Waals surface area contributed by atoms with E-state index in [4.69, 9.17) is 74.8 Å². The van der Waals surface area contributed by atoms with Crippen molar-refractivity contribution >= 4 is 70.6 Å². The van der Waals surface area contributed by atoms with Crippen molar-refractivity contribution < 1.29 is 58.4 Å². The predicted molar refractivity (Wildman–Crippen MR) is 322 cm³/mol. The maximum absolute atomic E-state index is 12.4. The lowest BCUT2D eigenvalue weighted by molar-refractivity contribution is -0.155. The molecule has 0 unspecified atom stereocenters. The van der Waals surface area contributed by atoms with Gasteiger partial charge in [-0.3, -0.25) is 9.59 Å². The Labute approximate surface area is 519 Å². The summed E-state index contributed by atoms with van der Waals surface area (Å²) >= 11 is 26.0. The first kappa shape index (κ1) is 67.6. The van der Waals surface area contributed by atoms with Gasteiger partial charge in [-0.15, -0.1) is 22.6 Å². The van der Waals surface area contributed by atoms with Crippen LogP contribution in [-0.2, 0) is 64.2 Å². The molecule has 6 atom stereocenters. The first-order chi connectivity index (χ1) is 40.6. The normalized spacial score (nSPS) is 16.7. The van der Waals surface area contributed by atoms with E-state index in [9.17, 15) is 30.0 Å². The average Bonchev–Trinajstić information content (AvgIpc) is 3.79. The van der Waals surface area contributed by atoms with E-state index in [0.29, 0.717) is 72.8 Å². The highest BCUT2D eigenvalue weighted by Crippen LogP contribution is 2.41. The number of likely N-dealkylation sites (N-methyl/N-ethyl adjacent to an activating group) is 2. The van der Waals surface area contributed by atoms with Gasteiger partial charge in [-0.2, -0.15) is 0 Å². The van der Waals surface area contributed by atoms with Crippen molar-refractivity contribution in [1.82, 2.24) is 50.4 Å². The Bertz CT molecular complexity index is 2890. The van der Waals surface area contributed by atoms with Crippen LogP contribution in [0.1, 0.15) is 45.2 Å². The van der Waals surface area contributed by atoms with Crippen LogP contribution in [0.3, 0.4) is 0 Å². The van der Waals surface area contributed by atoms with E-state index < -0.39 is 36.2 Å². The van der Waals surface area contributed by atoms with E-state index in [0.717, 1.165) is 82.1 Å². The molecule has 462 valence electrons. The van der Waals surface area contributed by atoms with Crippen molar-refractivity contribution in [3.63, 3.8) is 0 Å². The monoisotopic (exact) mass is 1280 g/mol. The van der Waals surface area contributed by atoms with Gasteiger partial charge in [0.2, 0.25) is 0 Å². The number of benzene rings is 4. The second kappa shape index (κ2) is 34.0. The number of ether oxygens (including phenoxy) is 6. The molecule has 0 fully saturated rings. The summed E-state index contributed by atoms with van der Waals surface area (Å²) < 4.78 is 36.9. The number of fused-ring (bicyclic) bond motifs is 2. The Morgan fingerprint density at radius 2 is 0.906 bits per heavy atom. The van der Waals surface area contributed by atoms with E-state index in [2.05, 4.69) is 79.4 Å². The molecule has 0 radical (unpaired) electrons. The zero-order valence-electron chi connectivity index (χ0n) is 47.2. The number of hydrogen-bond acceptors (Lipinski definition) is 18. The number of hydrogen-bond donors (Lipinski definition) is 6. The molecule has 8 rings (SSSR count). The van der Waals surface area contributed by atoms with Crippen molar-refractivity contribution in [2.45, 2.75) is 62.4 Å². The molecule has 2 aliphatic heterocycles. The molecule has 27 heteroatoms. The van der Waals surface area contributed by atoms with E-state index in [1.807, 2.05) is 48.8 Å². The molecule has 0 bridgehead atoms. The number of halogens is 5. The number of aromatic nitrogens is 6. The smallest absolute Gasteiger partial charge is 0.251 e. The summed E-state index contributed by atoms with van der Waals surface area (Å²) in [6.45, 7) is 7.26. The van der Waals surface area contributed by atoms with E-state index >= 15 is 0 Å². The Hall–Kier alpha value is -4.93. The SMILES string of the molecule is CN1Cc2c(Cl)cc(Cl)cc2[C@H](c2cccc(-c3cn(CCOCCOCCOCCNC(=O)[C@@H](O)[C@H](O)[C@H](O)[C@@H](O)C(=O)NCCOCCOCCOCCn4cc(-c5cccc([C@@H]6CN(C)Cc7c(Cl)cc(Cl)cc76)c5)nn4)nn3)c2)C1.Cl. The van der Waals surface area contributed by atoms with Gasteiger partial charge in [0.25, 0.3) is 11.8 Å². The van der Waals surface area contributed by atoms with Crippen molar-refractivity contribution in [2.75, 3.05) is 120 Å². The van der Waals surface area contributed by atoms with Gasteiger partial charge in [-0.05, 0) is 83.9 Å². The van der Waals surface area contributed by atoms with Crippen molar-refractivity contribution in [3.8, 4) is 22.5 Å². The number of aliphatic hydroxyl groups is 4. The topological polar surface area (TPSA) is 262 Å². The van der Waals surface area contributed by atoms with Crippen molar-refractivity contribution in [3.05, 3.63) is 139 Å². The number of rotatable bonds is 33. The van der Waals surface area contributed by atoms with Crippen LogP contribution in [0.25, 0.3) is 22.5 Å². The molecule has 0 spiro atoms. The molecule has 4 aromatic carbocycles. The molecule has 4 heterocycles. The second-order valence-electron chi connectivity index (χ2n) is 20.5. The number of amides is 2. The minimum atomic E-state index is -2.17. The average molecular weight is 1280 g/mol. The summed E-state index contributed by atoms with van der Waals surface area (Å²) in [6.07, 6.45) is -4.87. The molecule has 2 aromatic heterocycles. The van der Waals surface area contributed by atoms with Crippen LogP contribution in [0, 0.1) is 0 Å². The van der Waals surface area contributed by atoms with Crippen LogP contribution in [0.4, 0.5) is 0 Å². The minimum absolute atomic E-state index is 0. The molecule has 22 nitrogen and oxygen atoms in total. The first-order valence-corrected chi connectivity index (χ1v) is 29.2. The van der Waals surface area contributed by atoms with Gasteiger partial charge >= 0.3 is 0 Å². The highest BCUT2D eigenvalue weighted by atomic mass is 35.5. The maximum Gasteiger partial charge on any atom is 0.251 e. The molecular weight excluding hydrogens is 1210 g/mol. The largest absolute Gasteiger partial charge is 0.387 e. The zero-order valence-corrected chi connectivity index (χ0v) is 51.1. The van der Waals surface area contributed by atoms with Crippen LogP contribution in [0.15, 0.2) is 85.2 Å². The quantitative estimate of drug-likeness (QED) is 0.0300. The molecule has 2 aliphatic rings. The summed E-state index contributed by atoms with van der Waals surface area (Å²) in [6, 6.07) is 24.2. The summed E-state index contributed by atoms with van der Waals surface area (Å²) in [4.78, 5) is 29.4. The van der Waals surface area contributed by atoms with Crippen molar-refractivity contribution in [1.29, 1.82) is 0 Å².